The highest BCUT2D eigenvalue weighted by atomic mass is 79.9. The van der Waals surface area contributed by atoms with E-state index in [1.165, 1.54) is 11.3 Å². The second-order valence-electron chi connectivity index (χ2n) is 3.94. The van der Waals surface area contributed by atoms with E-state index >= 15 is 0 Å². The summed E-state index contributed by atoms with van der Waals surface area (Å²) in [6.45, 7) is 4.94. The average Bonchev–Trinajstić information content (AvgIpc) is 2.64. The van der Waals surface area contributed by atoms with Crippen LogP contribution in [0, 0.1) is 0 Å². The number of hydrogen-bond donors (Lipinski definition) is 0. The number of ether oxygens (including phenoxy) is 1. The van der Waals surface area contributed by atoms with Gasteiger partial charge in [-0.05, 0) is 34.3 Å². The van der Waals surface area contributed by atoms with Gasteiger partial charge >= 0.3 is 0 Å². The van der Waals surface area contributed by atoms with Crippen molar-refractivity contribution in [3.05, 3.63) is 20.8 Å². The normalized spacial score (nSPS) is 22.2. The lowest BCUT2D eigenvalue weighted by atomic mass is 10.2. The van der Waals surface area contributed by atoms with Crippen LogP contribution in [0.1, 0.15) is 16.6 Å². The Morgan fingerprint density at radius 3 is 3.19 bits per heavy atom. The van der Waals surface area contributed by atoms with Crippen LogP contribution in [0.3, 0.4) is 0 Å². The standard InChI is InChI=1S/C11H14BrNO2S/c1-8-6-13(3-4-15-8)7-10(14)11-9(12)2-5-16-11/h2,5,8H,3-4,6-7H2,1H3. The second-order valence-corrected chi connectivity index (χ2v) is 5.71. The Morgan fingerprint density at radius 2 is 2.56 bits per heavy atom. The van der Waals surface area contributed by atoms with Crippen molar-refractivity contribution in [1.29, 1.82) is 0 Å². The summed E-state index contributed by atoms with van der Waals surface area (Å²) < 4.78 is 6.35. The minimum atomic E-state index is 0.191. The number of rotatable bonds is 3. The molecular formula is C11H14BrNO2S. The third kappa shape index (κ3) is 2.91. The molecule has 1 aromatic rings. The van der Waals surface area contributed by atoms with Crippen molar-refractivity contribution in [3.8, 4) is 0 Å². The van der Waals surface area contributed by atoms with Crippen molar-refractivity contribution in [2.45, 2.75) is 13.0 Å². The quantitative estimate of drug-likeness (QED) is 0.803. The zero-order valence-electron chi connectivity index (χ0n) is 9.11. The number of halogens is 1. The van der Waals surface area contributed by atoms with Gasteiger partial charge in [-0.15, -0.1) is 11.3 Å². The topological polar surface area (TPSA) is 29.5 Å². The first-order valence-electron chi connectivity index (χ1n) is 5.27. The van der Waals surface area contributed by atoms with Crippen LogP contribution in [0.15, 0.2) is 15.9 Å². The molecule has 0 radical (unpaired) electrons. The molecule has 1 unspecified atom stereocenters. The number of hydrogen-bond acceptors (Lipinski definition) is 4. The number of Topliss-reactive ketones (excluding diaryl/α,β-unsaturated/α-hetero) is 1. The van der Waals surface area contributed by atoms with Gasteiger partial charge in [0.25, 0.3) is 0 Å². The molecule has 0 aliphatic carbocycles. The van der Waals surface area contributed by atoms with E-state index in [0.717, 1.165) is 29.0 Å². The molecule has 1 aliphatic heterocycles. The summed E-state index contributed by atoms with van der Waals surface area (Å²) >= 11 is 4.88. The van der Waals surface area contributed by atoms with Gasteiger partial charge in [-0.3, -0.25) is 9.69 Å². The molecule has 0 N–H and O–H groups in total. The molecule has 1 atom stereocenters. The van der Waals surface area contributed by atoms with E-state index < -0.39 is 0 Å². The van der Waals surface area contributed by atoms with E-state index in [-0.39, 0.29) is 11.9 Å². The molecule has 2 rings (SSSR count). The lowest BCUT2D eigenvalue weighted by Gasteiger charge is -2.30. The number of carbonyl (C=O) groups is 1. The van der Waals surface area contributed by atoms with Crippen LogP contribution in [0.4, 0.5) is 0 Å². The minimum absolute atomic E-state index is 0.191. The fraction of sp³-hybridized carbons (Fsp3) is 0.545. The molecule has 5 heteroatoms. The van der Waals surface area contributed by atoms with Crippen LogP contribution in [-0.4, -0.2) is 43.0 Å². The van der Waals surface area contributed by atoms with E-state index in [1.807, 2.05) is 18.4 Å². The molecule has 1 aromatic heterocycles. The van der Waals surface area contributed by atoms with Crippen molar-refractivity contribution in [2.24, 2.45) is 0 Å². The van der Waals surface area contributed by atoms with E-state index in [4.69, 9.17) is 4.74 Å². The second kappa shape index (κ2) is 5.40. The Morgan fingerprint density at radius 1 is 1.75 bits per heavy atom. The summed E-state index contributed by atoms with van der Waals surface area (Å²) in [5.74, 6) is 0.191. The lowest BCUT2D eigenvalue weighted by Crippen LogP contribution is -2.43. The number of morpholine rings is 1. The smallest absolute Gasteiger partial charge is 0.187 e. The molecule has 1 saturated heterocycles. The highest BCUT2D eigenvalue weighted by molar-refractivity contribution is 9.10. The molecular weight excluding hydrogens is 290 g/mol. The monoisotopic (exact) mass is 303 g/mol. The first-order valence-corrected chi connectivity index (χ1v) is 6.94. The van der Waals surface area contributed by atoms with E-state index in [1.54, 1.807) is 0 Å². The predicted octanol–water partition coefficient (Wildman–Crippen LogP) is 2.41. The Kier molecular flexibility index (Phi) is 4.13. The molecule has 0 aromatic carbocycles. The summed E-state index contributed by atoms with van der Waals surface area (Å²) in [7, 11) is 0. The third-order valence-electron chi connectivity index (χ3n) is 2.56. The van der Waals surface area contributed by atoms with E-state index in [9.17, 15) is 4.79 Å². The Balaban J connectivity index is 1.95. The van der Waals surface area contributed by atoms with Gasteiger partial charge in [0.2, 0.25) is 0 Å². The van der Waals surface area contributed by atoms with Crippen LogP contribution in [0.2, 0.25) is 0 Å². The molecule has 0 amide bonds. The molecule has 1 fully saturated rings. The van der Waals surface area contributed by atoms with Gasteiger partial charge in [0.15, 0.2) is 5.78 Å². The van der Waals surface area contributed by atoms with Gasteiger partial charge in [-0.25, -0.2) is 0 Å². The molecule has 88 valence electrons. The number of nitrogens with zero attached hydrogens (tertiary/aromatic N) is 1. The molecule has 3 nitrogen and oxygen atoms in total. The number of thiophene rings is 1. The predicted molar refractivity (Wildman–Crippen MR) is 68.2 cm³/mol. The maximum absolute atomic E-state index is 12.0. The van der Waals surface area contributed by atoms with Crippen molar-refractivity contribution >= 4 is 33.0 Å². The fourth-order valence-corrected chi connectivity index (χ4v) is 3.33. The summed E-state index contributed by atoms with van der Waals surface area (Å²) in [6.07, 6.45) is 0.230. The van der Waals surface area contributed by atoms with Gasteiger partial charge in [0, 0.05) is 17.6 Å². The lowest BCUT2D eigenvalue weighted by molar-refractivity contribution is -0.0158. The largest absolute Gasteiger partial charge is 0.376 e. The van der Waals surface area contributed by atoms with E-state index in [0.29, 0.717) is 6.54 Å². The van der Waals surface area contributed by atoms with Gasteiger partial charge in [-0.2, -0.15) is 0 Å². The van der Waals surface area contributed by atoms with Gasteiger partial charge < -0.3 is 4.74 Å². The first kappa shape index (κ1) is 12.2. The highest BCUT2D eigenvalue weighted by Crippen LogP contribution is 2.23. The first-order chi connectivity index (χ1) is 7.66. The van der Waals surface area contributed by atoms with Gasteiger partial charge in [0.05, 0.1) is 24.1 Å². The zero-order chi connectivity index (χ0) is 11.5. The Bertz CT molecular complexity index is 380. The van der Waals surface area contributed by atoms with Crippen LogP contribution >= 0.6 is 27.3 Å². The van der Waals surface area contributed by atoms with Crippen LogP contribution in [-0.2, 0) is 4.74 Å². The maximum atomic E-state index is 12.0. The molecule has 0 saturated carbocycles. The van der Waals surface area contributed by atoms with Gasteiger partial charge in [-0.1, -0.05) is 0 Å². The molecule has 2 heterocycles. The average molecular weight is 304 g/mol. The third-order valence-corrected chi connectivity index (χ3v) is 4.44. The van der Waals surface area contributed by atoms with Crippen LogP contribution in [0.25, 0.3) is 0 Å². The summed E-state index contributed by atoms with van der Waals surface area (Å²) in [5.41, 5.74) is 0. The molecule has 0 bridgehead atoms. The summed E-state index contributed by atoms with van der Waals surface area (Å²) in [6, 6.07) is 1.92. The zero-order valence-corrected chi connectivity index (χ0v) is 11.5. The van der Waals surface area contributed by atoms with Crippen molar-refractivity contribution in [1.82, 2.24) is 4.90 Å². The van der Waals surface area contributed by atoms with Crippen molar-refractivity contribution < 1.29 is 9.53 Å². The van der Waals surface area contributed by atoms with Crippen molar-refractivity contribution in [2.75, 3.05) is 26.2 Å². The number of ketones is 1. The Labute approximate surface area is 108 Å². The highest BCUT2D eigenvalue weighted by Gasteiger charge is 2.21. The molecule has 16 heavy (non-hydrogen) atoms. The fourth-order valence-electron chi connectivity index (χ4n) is 1.80. The molecule has 0 spiro atoms. The van der Waals surface area contributed by atoms with Crippen LogP contribution < -0.4 is 0 Å². The van der Waals surface area contributed by atoms with Crippen LogP contribution in [0.5, 0.6) is 0 Å². The van der Waals surface area contributed by atoms with Crippen molar-refractivity contribution in [3.63, 3.8) is 0 Å². The summed E-state index contributed by atoms with van der Waals surface area (Å²) in [4.78, 5) is 15.0. The maximum Gasteiger partial charge on any atom is 0.187 e. The van der Waals surface area contributed by atoms with E-state index in [2.05, 4.69) is 20.8 Å². The molecule has 1 aliphatic rings. The van der Waals surface area contributed by atoms with Gasteiger partial charge in [0.1, 0.15) is 0 Å². The summed E-state index contributed by atoms with van der Waals surface area (Å²) in [5, 5.41) is 1.93. The number of carbonyl (C=O) groups excluding carboxylic acids is 1. The SMILES string of the molecule is CC1CN(CC(=O)c2sccc2Br)CCO1. The minimum Gasteiger partial charge on any atom is -0.376 e. The Hall–Kier alpha value is -0.230.